The summed E-state index contributed by atoms with van der Waals surface area (Å²) in [5.74, 6) is 0.204. The van der Waals surface area contributed by atoms with Crippen molar-refractivity contribution >= 4 is 23.1 Å². The van der Waals surface area contributed by atoms with Crippen molar-refractivity contribution in [1.82, 2.24) is 4.98 Å². The maximum atomic E-state index is 11.3. The molecule has 0 aliphatic heterocycles. The Labute approximate surface area is 99.7 Å². The van der Waals surface area contributed by atoms with Crippen molar-refractivity contribution in [3.05, 3.63) is 35.3 Å². The molecule has 84 valence electrons. The zero-order chi connectivity index (χ0) is 11.5. The van der Waals surface area contributed by atoms with Crippen LogP contribution in [-0.4, -0.2) is 17.8 Å². The Balaban J connectivity index is 2.21. The molecule has 0 spiro atoms. The molecule has 0 N–H and O–H groups in total. The van der Waals surface area contributed by atoms with Crippen molar-refractivity contribution in [2.24, 2.45) is 0 Å². The number of rotatable bonds is 2. The Morgan fingerprint density at radius 2 is 2.19 bits per heavy atom. The van der Waals surface area contributed by atoms with Gasteiger partial charge in [-0.05, 0) is 25.0 Å². The summed E-state index contributed by atoms with van der Waals surface area (Å²) >= 11 is 5.73. The van der Waals surface area contributed by atoms with Crippen molar-refractivity contribution < 1.29 is 4.79 Å². The van der Waals surface area contributed by atoms with Gasteiger partial charge >= 0.3 is 0 Å². The molecule has 4 heteroatoms. The SMILES string of the molecule is CN(C1=CC(=O)CCC1)c1ccc(Cl)nc1. The lowest BCUT2D eigenvalue weighted by molar-refractivity contribution is -0.115. The molecular weight excluding hydrogens is 224 g/mol. The molecule has 0 aromatic carbocycles. The number of carbonyl (C=O) groups is 1. The number of nitrogens with zero attached hydrogens (tertiary/aromatic N) is 2. The Kier molecular flexibility index (Phi) is 3.25. The summed E-state index contributed by atoms with van der Waals surface area (Å²) in [5, 5.41) is 0.478. The maximum absolute atomic E-state index is 11.3. The van der Waals surface area contributed by atoms with Gasteiger partial charge in [-0.15, -0.1) is 0 Å². The molecule has 0 unspecified atom stereocenters. The van der Waals surface area contributed by atoms with Crippen LogP contribution in [0.4, 0.5) is 5.69 Å². The lowest BCUT2D eigenvalue weighted by Gasteiger charge is -2.24. The zero-order valence-corrected chi connectivity index (χ0v) is 9.87. The minimum Gasteiger partial charge on any atom is -0.347 e. The fourth-order valence-corrected chi connectivity index (χ4v) is 1.88. The van der Waals surface area contributed by atoms with E-state index in [-0.39, 0.29) is 5.78 Å². The second-order valence-electron chi connectivity index (χ2n) is 3.85. The Hall–Kier alpha value is -1.35. The highest BCUT2D eigenvalue weighted by atomic mass is 35.5. The van der Waals surface area contributed by atoms with Gasteiger partial charge in [0.25, 0.3) is 0 Å². The Morgan fingerprint density at radius 3 is 2.81 bits per heavy atom. The zero-order valence-electron chi connectivity index (χ0n) is 9.11. The third-order valence-electron chi connectivity index (χ3n) is 2.71. The fourth-order valence-electron chi connectivity index (χ4n) is 1.77. The summed E-state index contributed by atoms with van der Waals surface area (Å²) in [4.78, 5) is 17.3. The molecule has 0 atom stereocenters. The van der Waals surface area contributed by atoms with E-state index in [0.29, 0.717) is 11.6 Å². The van der Waals surface area contributed by atoms with Crippen LogP contribution in [0.25, 0.3) is 0 Å². The molecule has 0 amide bonds. The van der Waals surface area contributed by atoms with Gasteiger partial charge in [-0.2, -0.15) is 0 Å². The van der Waals surface area contributed by atoms with E-state index >= 15 is 0 Å². The van der Waals surface area contributed by atoms with Crippen LogP contribution in [0, 0.1) is 0 Å². The minimum atomic E-state index is 0.204. The lowest BCUT2D eigenvalue weighted by atomic mass is 10.0. The lowest BCUT2D eigenvalue weighted by Crippen LogP contribution is -2.20. The van der Waals surface area contributed by atoms with Crippen LogP contribution in [0.2, 0.25) is 5.15 Å². The van der Waals surface area contributed by atoms with Crippen LogP contribution in [0.3, 0.4) is 0 Å². The molecule has 2 rings (SSSR count). The molecule has 0 radical (unpaired) electrons. The third-order valence-corrected chi connectivity index (χ3v) is 2.94. The summed E-state index contributed by atoms with van der Waals surface area (Å²) in [6, 6.07) is 3.65. The van der Waals surface area contributed by atoms with Crippen LogP contribution >= 0.6 is 11.6 Å². The maximum Gasteiger partial charge on any atom is 0.157 e. The number of carbonyl (C=O) groups excluding carboxylic acids is 1. The monoisotopic (exact) mass is 236 g/mol. The van der Waals surface area contributed by atoms with Gasteiger partial charge in [0.2, 0.25) is 0 Å². The first kappa shape index (κ1) is 11.1. The predicted octanol–water partition coefficient (Wildman–Crippen LogP) is 2.81. The topological polar surface area (TPSA) is 33.2 Å². The number of ketones is 1. The Bertz CT molecular complexity index is 425. The third kappa shape index (κ3) is 2.42. The van der Waals surface area contributed by atoms with E-state index in [2.05, 4.69) is 4.98 Å². The standard InChI is InChI=1S/C12H13ClN2O/c1-15(9-3-2-4-11(16)7-9)10-5-6-12(13)14-8-10/h5-8H,2-4H2,1H3. The highest BCUT2D eigenvalue weighted by molar-refractivity contribution is 6.29. The van der Waals surface area contributed by atoms with Crippen LogP contribution < -0.4 is 4.90 Å². The molecule has 1 aromatic heterocycles. The second-order valence-corrected chi connectivity index (χ2v) is 4.24. The smallest absolute Gasteiger partial charge is 0.157 e. The first-order chi connectivity index (χ1) is 7.66. The van der Waals surface area contributed by atoms with Crippen molar-refractivity contribution in [2.45, 2.75) is 19.3 Å². The van der Waals surface area contributed by atoms with Gasteiger partial charge in [0.15, 0.2) is 5.78 Å². The summed E-state index contributed by atoms with van der Waals surface area (Å²) in [5.41, 5.74) is 1.99. The van der Waals surface area contributed by atoms with E-state index in [9.17, 15) is 4.79 Å². The second kappa shape index (κ2) is 4.66. The molecular formula is C12H13ClN2O. The fraction of sp³-hybridized carbons (Fsp3) is 0.333. The van der Waals surface area contributed by atoms with Crippen LogP contribution in [0.15, 0.2) is 30.1 Å². The molecule has 1 aliphatic carbocycles. The highest BCUT2D eigenvalue weighted by Gasteiger charge is 2.14. The number of anilines is 1. The number of allylic oxidation sites excluding steroid dienone is 2. The average molecular weight is 237 g/mol. The molecule has 0 saturated carbocycles. The number of hydrogen-bond acceptors (Lipinski definition) is 3. The van der Waals surface area contributed by atoms with Gasteiger partial charge in [-0.1, -0.05) is 11.6 Å². The number of aromatic nitrogens is 1. The van der Waals surface area contributed by atoms with E-state index in [4.69, 9.17) is 11.6 Å². The highest BCUT2D eigenvalue weighted by Crippen LogP contribution is 2.23. The van der Waals surface area contributed by atoms with Gasteiger partial charge < -0.3 is 4.90 Å². The summed E-state index contributed by atoms with van der Waals surface area (Å²) < 4.78 is 0. The van der Waals surface area contributed by atoms with Crippen molar-refractivity contribution in [2.75, 3.05) is 11.9 Å². The van der Waals surface area contributed by atoms with Gasteiger partial charge in [-0.3, -0.25) is 4.79 Å². The molecule has 0 saturated heterocycles. The van der Waals surface area contributed by atoms with E-state index in [1.54, 1.807) is 18.3 Å². The predicted molar refractivity (Wildman–Crippen MR) is 64.6 cm³/mol. The van der Waals surface area contributed by atoms with Gasteiger partial charge in [0.1, 0.15) is 5.15 Å². The van der Waals surface area contributed by atoms with Crippen molar-refractivity contribution in [3.8, 4) is 0 Å². The largest absolute Gasteiger partial charge is 0.347 e. The van der Waals surface area contributed by atoms with E-state index in [1.165, 1.54) is 0 Å². The van der Waals surface area contributed by atoms with Crippen LogP contribution in [0.1, 0.15) is 19.3 Å². The van der Waals surface area contributed by atoms with E-state index in [0.717, 1.165) is 24.2 Å². The molecule has 1 aromatic rings. The normalized spacial score (nSPS) is 15.9. The first-order valence-electron chi connectivity index (χ1n) is 5.25. The van der Waals surface area contributed by atoms with Gasteiger partial charge in [-0.25, -0.2) is 4.98 Å². The first-order valence-corrected chi connectivity index (χ1v) is 5.63. The van der Waals surface area contributed by atoms with Gasteiger partial charge in [0.05, 0.1) is 11.9 Å². The molecule has 3 nitrogen and oxygen atoms in total. The number of hydrogen-bond donors (Lipinski definition) is 0. The number of halogens is 1. The Morgan fingerprint density at radius 1 is 1.38 bits per heavy atom. The van der Waals surface area contributed by atoms with E-state index < -0.39 is 0 Å². The quantitative estimate of drug-likeness (QED) is 0.741. The molecule has 1 heterocycles. The summed E-state index contributed by atoms with van der Waals surface area (Å²) in [6.45, 7) is 0. The van der Waals surface area contributed by atoms with E-state index in [1.807, 2.05) is 18.0 Å². The van der Waals surface area contributed by atoms with Crippen molar-refractivity contribution in [3.63, 3.8) is 0 Å². The molecule has 16 heavy (non-hydrogen) atoms. The number of pyridine rings is 1. The summed E-state index contributed by atoms with van der Waals surface area (Å²) in [6.07, 6.45) is 5.96. The van der Waals surface area contributed by atoms with Crippen molar-refractivity contribution in [1.29, 1.82) is 0 Å². The average Bonchev–Trinajstić information content (AvgIpc) is 2.29. The molecule has 0 bridgehead atoms. The van der Waals surface area contributed by atoms with Crippen LogP contribution in [0.5, 0.6) is 0 Å². The molecule has 1 aliphatic rings. The minimum absolute atomic E-state index is 0.204. The van der Waals surface area contributed by atoms with Gasteiger partial charge in [0, 0.05) is 25.2 Å². The summed E-state index contributed by atoms with van der Waals surface area (Å²) in [7, 11) is 1.94. The molecule has 0 fully saturated rings. The van der Waals surface area contributed by atoms with Crippen LogP contribution in [-0.2, 0) is 4.79 Å².